The predicted molar refractivity (Wildman–Crippen MR) is 76.0 cm³/mol. The van der Waals surface area contributed by atoms with E-state index in [4.69, 9.17) is 34.3 Å². The van der Waals surface area contributed by atoms with Crippen LogP contribution in [0.2, 0.25) is 5.02 Å². The molecule has 4 nitrogen and oxygen atoms in total. The fraction of sp³-hybridized carbons (Fsp3) is 0.333. The van der Waals surface area contributed by atoms with Gasteiger partial charge in [0, 0.05) is 17.5 Å². The summed E-state index contributed by atoms with van der Waals surface area (Å²) in [5, 5.41) is 3.36. The Labute approximate surface area is 116 Å². The lowest BCUT2D eigenvalue weighted by atomic mass is 10.2. The molecule has 1 rings (SSSR count). The second-order valence-corrected chi connectivity index (χ2v) is 4.84. The Morgan fingerprint density at radius 1 is 1.50 bits per heavy atom. The van der Waals surface area contributed by atoms with Crippen molar-refractivity contribution >= 4 is 34.7 Å². The Hall–Kier alpha value is -1.33. The molecule has 0 bridgehead atoms. The van der Waals surface area contributed by atoms with E-state index in [2.05, 4.69) is 5.32 Å². The highest BCUT2D eigenvalue weighted by Crippen LogP contribution is 2.15. The third-order valence-electron chi connectivity index (χ3n) is 2.10. The summed E-state index contributed by atoms with van der Waals surface area (Å²) >= 11 is 10.5. The van der Waals surface area contributed by atoms with Crippen LogP contribution in [0, 0.1) is 0 Å². The molecule has 0 spiro atoms. The van der Waals surface area contributed by atoms with Crippen molar-refractivity contribution in [3.05, 3.63) is 29.3 Å². The summed E-state index contributed by atoms with van der Waals surface area (Å²) in [6.07, 6.45) is 0.474. The second-order valence-electron chi connectivity index (χ2n) is 3.88. The van der Waals surface area contributed by atoms with Gasteiger partial charge in [-0.25, -0.2) is 0 Å². The molecule has 1 aromatic rings. The van der Waals surface area contributed by atoms with E-state index in [1.165, 1.54) is 0 Å². The summed E-state index contributed by atoms with van der Waals surface area (Å²) < 4.78 is 5.29. The van der Waals surface area contributed by atoms with Gasteiger partial charge in [0.1, 0.15) is 5.75 Å². The van der Waals surface area contributed by atoms with Gasteiger partial charge < -0.3 is 15.8 Å². The second kappa shape index (κ2) is 7.18. The number of carbonyl (C=O) groups is 1. The van der Waals surface area contributed by atoms with Gasteiger partial charge in [-0.2, -0.15) is 0 Å². The zero-order valence-electron chi connectivity index (χ0n) is 9.98. The number of hydrogen-bond acceptors (Lipinski definition) is 3. The molecular formula is C12H15ClN2O2S. The molecule has 6 heteroatoms. The Morgan fingerprint density at radius 2 is 2.11 bits per heavy atom. The fourth-order valence-electron chi connectivity index (χ4n) is 1.35. The average Bonchev–Trinajstić information content (AvgIpc) is 2.27. The standard InChI is InChI=1S/C12H15ClN2O2S/c1-8(6-11(14)18)15-12(16)7-17-10-4-2-9(13)3-5-10/h2-5,8H,6-7H2,1H3,(H2,14,18)(H,15,16). The van der Waals surface area contributed by atoms with E-state index in [1.54, 1.807) is 24.3 Å². The maximum Gasteiger partial charge on any atom is 0.258 e. The monoisotopic (exact) mass is 286 g/mol. The van der Waals surface area contributed by atoms with E-state index in [-0.39, 0.29) is 18.6 Å². The molecule has 0 radical (unpaired) electrons. The van der Waals surface area contributed by atoms with Crippen molar-refractivity contribution < 1.29 is 9.53 Å². The SMILES string of the molecule is CC(CC(N)=S)NC(=O)COc1ccc(Cl)cc1. The molecule has 1 unspecified atom stereocenters. The first kappa shape index (κ1) is 14.7. The lowest BCUT2D eigenvalue weighted by Crippen LogP contribution is -2.38. The van der Waals surface area contributed by atoms with Crippen molar-refractivity contribution in [3.8, 4) is 5.75 Å². The van der Waals surface area contributed by atoms with Crippen molar-refractivity contribution in [2.24, 2.45) is 5.73 Å². The molecule has 0 aliphatic heterocycles. The molecule has 0 aromatic heterocycles. The summed E-state index contributed by atoms with van der Waals surface area (Å²) in [5.74, 6) is 0.380. The van der Waals surface area contributed by atoms with Gasteiger partial charge in [0.15, 0.2) is 6.61 Å². The normalized spacial score (nSPS) is 11.7. The molecule has 0 aliphatic rings. The summed E-state index contributed by atoms with van der Waals surface area (Å²) in [7, 11) is 0. The van der Waals surface area contributed by atoms with E-state index >= 15 is 0 Å². The first-order valence-corrected chi connectivity index (χ1v) is 6.22. The van der Waals surface area contributed by atoms with Gasteiger partial charge in [-0.1, -0.05) is 23.8 Å². The number of rotatable bonds is 6. The number of amides is 1. The minimum atomic E-state index is -0.214. The van der Waals surface area contributed by atoms with Crippen molar-refractivity contribution in [1.29, 1.82) is 0 Å². The highest BCUT2D eigenvalue weighted by Gasteiger charge is 2.08. The first-order chi connectivity index (χ1) is 8.47. The van der Waals surface area contributed by atoms with Crippen molar-refractivity contribution in [3.63, 3.8) is 0 Å². The number of thiocarbonyl (C=S) groups is 1. The maximum absolute atomic E-state index is 11.5. The van der Waals surface area contributed by atoms with Crippen LogP contribution in [-0.4, -0.2) is 23.5 Å². The van der Waals surface area contributed by atoms with Crippen LogP contribution in [-0.2, 0) is 4.79 Å². The van der Waals surface area contributed by atoms with E-state index in [0.717, 1.165) is 0 Å². The topological polar surface area (TPSA) is 64.3 Å². The maximum atomic E-state index is 11.5. The third-order valence-corrected chi connectivity index (χ3v) is 2.52. The molecule has 0 saturated carbocycles. The van der Waals surface area contributed by atoms with E-state index in [1.807, 2.05) is 6.92 Å². The number of carbonyl (C=O) groups excluding carboxylic acids is 1. The third kappa shape index (κ3) is 5.84. The van der Waals surface area contributed by atoms with E-state index in [0.29, 0.717) is 22.2 Å². The predicted octanol–water partition coefficient (Wildman–Crippen LogP) is 1.90. The quantitative estimate of drug-likeness (QED) is 0.784. The molecule has 1 aromatic carbocycles. The summed E-state index contributed by atoms with van der Waals surface area (Å²) in [5.41, 5.74) is 5.38. The minimum absolute atomic E-state index is 0.0523. The number of ether oxygens (including phenoxy) is 1. The number of hydrogen-bond donors (Lipinski definition) is 2. The number of nitrogens with two attached hydrogens (primary N) is 1. The Morgan fingerprint density at radius 3 is 2.67 bits per heavy atom. The number of nitrogens with one attached hydrogen (secondary N) is 1. The first-order valence-electron chi connectivity index (χ1n) is 5.43. The highest BCUT2D eigenvalue weighted by atomic mass is 35.5. The Balaban J connectivity index is 2.32. The Bertz CT molecular complexity index is 423. The molecule has 18 heavy (non-hydrogen) atoms. The molecule has 0 saturated heterocycles. The molecule has 1 amide bonds. The van der Waals surface area contributed by atoms with Crippen molar-refractivity contribution in [2.45, 2.75) is 19.4 Å². The van der Waals surface area contributed by atoms with Gasteiger partial charge in [0.05, 0.1) is 4.99 Å². The van der Waals surface area contributed by atoms with Crippen LogP contribution in [0.5, 0.6) is 5.75 Å². The van der Waals surface area contributed by atoms with Crippen LogP contribution in [0.1, 0.15) is 13.3 Å². The van der Waals surface area contributed by atoms with Crippen LogP contribution < -0.4 is 15.8 Å². The summed E-state index contributed by atoms with van der Waals surface area (Å²) in [4.78, 5) is 11.9. The van der Waals surface area contributed by atoms with Gasteiger partial charge in [-0.15, -0.1) is 0 Å². The van der Waals surface area contributed by atoms with Crippen LogP contribution in [0.15, 0.2) is 24.3 Å². The molecule has 0 heterocycles. The fourth-order valence-corrected chi connectivity index (χ4v) is 1.72. The van der Waals surface area contributed by atoms with E-state index < -0.39 is 0 Å². The number of benzene rings is 1. The van der Waals surface area contributed by atoms with Gasteiger partial charge in [0.25, 0.3) is 5.91 Å². The van der Waals surface area contributed by atoms with E-state index in [9.17, 15) is 4.79 Å². The number of halogens is 1. The zero-order valence-corrected chi connectivity index (χ0v) is 11.6. The van der Waals surface area contributed by atoms with Crippen molar-refractivity contribution in [1.82, 2.24) is 5.32 Å². The molecular weight excluding hydrogens is 272 g/mol. The largest absolute Gasteiger partial charge is 0.484 e. The molecule has 1 atom stereocenters. The van der Waals surface area contributed by atoms with Crippen molar-refractivity contribution in [2.75, 3.05) is 6.61 Å². The lowest BCUT2D eigenvalue weighted by molar-refractivity contribution is -0.123. The lowest BCUT2D eigenvalue weighted by Gasteiger charge is -2.13. The van der Waals surface area contributed by atoms with Gasteiger partial charge in [-0.3, -0.25) is 4.79 Å². The molecule has 3 N–H and O–H groups in total. The summed E-state index contributed by atoms with van der Waals surface area (Å²) in [6, 6.07) is 6.71. The minimum Gasteiger partial charge on any atom is -0.484 e. The average molecular weight is 287 g/mol. The van der Waals surface area contributed by atoms with Crippen LogP contribution >= 0.6 is 23.8 Å². The van der Waals surface area contributed by atoms with Crippen LogP contribution in [0.3, 0.4) is 0 Å². The van der Waals surface area contributed by atoms with Gasteiger partial charge in [-0.05, 0) is 31.2 Å². The summed E-state index contributed by atoms with van der Waals surface area (Å²) in [6.45, 7) is 1.78. The smallest absolute Gasteiger partial charge is 0.258 e. The van der Waals surface area contributed by atoms with Crippen LogP contribution in [0.4, 0.5) is 0 Å². The zero-order chi connectivity index (χ0) is 13.5. The Kier molecular flexibility index (Phi) is 5.88. The van der Waals surface area contributed by atoms with Gasteiger partial charge >= 0.3 is 0 Å². The highest BCUT2D eigenvalue weighted by molar-refractivity contribution is 7.80. The molecule has 0 aliphatic carbocycles. The molecule has 0 fully saturated rings. The van der Waals surface area contributed by atoms with Crippen LogP contribution in [0.25, 0.3) is 0 Å². The molecule has 98 valence electrons. The van der Waals surface area contributed by atoms with Gasteiger partial charge in [0.2, 0.25) is 0 Å².